The van der Waals surface area contributed by atoms with E-state index in [0.717, 1.165) is 12.1 Å². The third-order valence-electron chi connectivity index (χ3n) is 2.14. The molecule has 0 radical (unpaired) electrons. The van der Waals surface area contributed by atoms with Gasteiger partial charge in [0.15, 0.2) is 0 Å². The number of methoxy groups -OCH3 is 1. The summed E-state index contributed by atoms with van der Waals surface area (Å²) in [6, 6.07) is 1.86. The van der Waals surface area contributed by atoms with Gasteiger partial charge in [0.2, 0.25) is 0 Å². The summed E-state index contributed by atoms with van der Waals surface area (Å²) in [6.45, 7) is 1.93. The quantitative estimate of drug-likeness (QED) is 0.754. The highest BCUT2D eigenvalue weighted by Gasteiger charge is 2.03. The standard InChI is InChI=1S/C10H13N3O2S/c1-15-4-3-11-6-8-12-7-2-5-16-9(7)10(14)13-8/h2,5,11H,3-4,6H2,1H3,(H,12,13,14). The van der Waals surface area contributed by atoms with E-state index in [9.17, 15) is 4.79 Å². The van der Waals surface area contributed by atoms with Gasteiger partial charge in [-0.25, -0.2) is 4.98 Å². The van der Waals surface area contributed by atoms with Crippen molar-refractivity contribution in [3.63, 3.8) is 0 Å². The molecule has 0 aliphatic heterocycles. The molecule has 5 nitrogen and oxygen atoms in total. The number of ether oxygens (including phenoxy) is 1. The van der Waals surface area contributed by atoms with Crippen molar-refractivity contribution in [2.45, 2.75) is 6.54 Å². The molecule has 0 aliphatic carbocycles. The van der Waals surface area contributed by atoms with E-state index in [-0.39, 0.29) is 5.56 Å². The highest BCUT2D eigenvalue weighted by Crippen LogP contribution is 2.13. The van der Waals surface area contributed by atoms with Gasteiger partial charge in [-0.15, -0.1) is 11.3 Å². The predicted molar refractivity (Wildman–Crippen MR) is 63.8 cm³/mol. The van der Waals surface area contributed by atoms with E-state index in [0.29, 0.717) is 23.7 Å². The molecule has 0 saturated heterocycles. The fourth-order valence-corrected chi connectivity index (χ4v) is 2.11. The number of thiophene rings is 1. The van der Waals surface area contributed by atoms with Crippen molar-refractivity contribution in [1.82, 2.24) is 15.3 Å². The zero-order chi connectivity index (χ0) is 11.4. The van der Waals surface area contributed by atoms with Crippen LogP contribution in [0.3, 0.4) is 0 Å². The smallest absolute Gasteiger partial charge is 0.268 e. The highest BCUT2D eigenvalue weighted by atomic mass is 32.1. The number of aromatic amines is 1. The SMILES string of the molecule is COCCNCc1nc2ccsc2c(=O)[nH]1. The second-order valence-corrected chi connectivity index (χ2v) is 4.23. The summed E-state index contributed by atoms with van der Waals surface area (Å²) < 4.78 is 5.59. The maximum absolute atomic E-state index is 11.6. The fraction of sp³-hybridized carbons (Fsp3) is 0.400. The Morgan fingerprint density at radius 2 is 2.50 bits per heavy atom. The van der Waals surface area contributed by atoms with Crippen LogP contribution in [0.5, 0.6) is 0 Å². The van der Waals surface area contributed by atoms with Gasteiger partial charge in [0.05, 0.1) is 18.7 Å². The Bertz CT molecular complexity index is 520. The molecule has 0 fully saturated rings. The first kappa shape index (κ1) is 11.3. The van der Waals surface area contributed by atoms with Crippen molar-refractivity contribution >= 4 is 21.6 Å². The van der Waals surface area contributed by atoms with Crippen LogP contribution >= 0.6 is 11.3 Å². The maximum Gasteiger partial charge on any atom is 0.268 e. The van der Waals surface area contributed by atoms with Gasteiger partial charge in [0, 0.05) is 13.7 Å². The molecule has 0 aliphatic rings. The highest BCUT2D eigenvalue weighted by molar-refractivity contribution is 7.17. The van der Waals surface area contributed by atoms with Crippen molar-refractivity contribution in [3.8, 4) is 0 Å². The number of hydrogen-bond donors (Lipinski definition) is 2. The van der Waals surface area contributed by atoms with Gasteiger partial charge >= 0.3 is 0 Å². The van der Waals surface area contributed by atoms with Gasteiger partial charge in [0.25, 0.3) is 5.56 Å². The number of rotatable bonds is 5. The van der Waals surface area contributed by atoms with Crippen LogP contribution in [0.15, 0.2) is 16.2 Å². The van der Waals surface area contributed by atoms with Gasteiger partial charge in [-0.1, -0.05) is 0 Å². The lowest BCUT2D eigenvalue weighted by Crippen LogP contribution is -2.22. The van der Waals surface area contributed by atoms with Crippen LogP contribution in [0, 0.1) is 0 Å². The Hall–Kier alpha value is -1.24. The van der Waals surface area contributed by atoms with Crippen LogP contribution in [0.1, 0.15) is 5.82 Å². The molecule has 0 saturated carbocycles. The monoisotopic (exact) mass is 239 g/mol. The molecule has 0 aromatic carbocycles. The summed E-state index contributed by atoms with van der Waals surface area (Å²) in [5, 5.41) is 5.00. The van der Waals surface area contributed by atoms with E-state index < -0.39 is 0 Å². The third-order valence-corrected chi connectivity index (χ3v) is 3.04. The number of nitrogens with one attached hydrogen (secondary N) is 2. The van der Waals surface area contributed by atoms with Gasteiger partial charge in [0.1, 0.15) is 10.5 Å². The molecular formula is C10H13N3O2S. The molecule has 0 bridgehead atoms. The van der Waals surface area contributed by atoms with Crippen LogP contribution in [0.25, 0.3) is 10.2 Å². The fourth-order valence-electron chi connectivity index (χ4n) is 1.39. The number of fused-ring (bicyclic) bond motifs is 1. The Balaban J connectivity index is 2.10. The largest absolute Gasteiger partial charge is 0.383 e. The van der Waals surface area contributed by atoms with Gasteiger partial charge in [-0.05, 0) is 11.4 Å². The zero-order valence-electron chi connectivity index (χ0n) is 8.95. The van der Waals surface area contributed by atoms with Gasteiger partial charge in [-0.3, -0.25) is 4.79 Å². The molecular weight excluding hydrogens is 226 g/mol. The molecule has 0 unspecified atom stereocenters. The Morgan fingerprint density at radius 3 is 3.31 bits per heavy atom. The molecule has 0 amide bonds. The number of H-pyrrole nitrogens is 1. The van der Waals surface area contributed by atoms with Crippen molar-refractivity contribution in [2.75, 3.05) is 20.3 Å². The summed E-state index contributed by atoms with van der Waals surface area (Å²) in [5.41, 5.74) is 0.695. The molecule has 86 valence electrons. The lowest BCUT2D eigenvalue weighted by atomic mass is 10.4. The Morgan fingerprint density at radius 1 is 1.62 bits per heavy atom. The van der Waals surface area contributed by atoms with Crippen LogP contribution in [0.2, 0.25) is 0 Å². The third kappa shape index (κ3) is 2.46. The second-order valence-electron chi connectivity index (χ2n) is 3.32. The summed E-state index contributed by atoms with van der Waals surface area (Å²) in [7, 11) is 1.65. The molecule has 6 heteroatoms. The van der Waals surface area contributed by atoms with Crippen LogP contribution in [-0.4, -0.2) is 30.2 Å². The number of hydrogen-bond acceptors (Lipinski definition) is 5. The van der Waals surface area contributed by atoms with Crippen LogP contribution in [-0.2, 0) is 11.3 Å². The summed E-state index contributed by atoms with van der Waals surface area (Å²) in [6.07, 6.45) is 0. The normalized spacial score (nSPS) is 11.1. The van der Waals surface area contributed by atoms with Crippen LogP contribution < -0.4 is 10.9 Å². The van der Waals surface area contributed by atoms with Crippen molar-refractivity contribution in [3.05, 3.63) is 27.6 Å². The van der Waals surface area contributed by atoms with Crippen molar-refractivity contribution < 1.29 is 4.74 Å². The molecule has 2 aromatic heterocycles. The average Bonchev–Trinajstić information content (AvgIpc) is 2.73. The summed E-state index contributed by atoms with van der Waals surface area (Å²) >= 11 is 1.41. The minimum absolute atomic E-state index is 0.0662. The number of aromatic nitrogens is 2. The molecule has 16 heavy (non-hydrogen) atoms. The summed E-state index contributed by atoms with van der Waals surface area (Å²) in [4.78, 5) is 18.7. The first-order valence-corrected chi connectivity index (χ1v) is 5.85. The van der Waals surface area contributed by atoms with Gasteiger partial charge in [-0.2, -0.15) is 0 Å². The van der Waals surface area contributed by atoms with Crippen molar-refractivity contribution in [2.24, 2.45) is 0 Å². The van der Waals surface area contributed by atoms with E-state index in [1.54, 1.807) is 7.11 Å². The predicted octanol–water partition coefficient (Wildman–Crippen LogP) is 0.721. The van der Waals surface area contributed by atoms with Crippen molar-refractivity contribution in [1.29, 1.82) is 0 Å². The molecule has 2 aromatic rings. The average molecular weight is 239 g/mol. The van der Waals surface area contributed by atoms with E-state index in [4.69, 9.17) is 4.74 Å². The topological polar surface area (TPSA) is 67.0 Å². The van der Waals surface area contributed by atoms with Gasteiger partial charge < -0.3 is 15.0 Å². The van der Waals surface area contributed by atoms with E-state index in [2.05, 4.69) is 15.3 Å². The Kier molecular flexibility index (Phi) is 3.66. The zero-order valence-corrected chi connectivity index (χ0v) is 9.76. The summed E-state index contributed by atoms with van der Waals surface area (Å²) in [5.74, 6) is 0.659. The lowest BCUT2D eigenvalue weighted by Gasteiger charge is -2.03. The Labute approximate surface area is 96.5 Å². The molecule has 2 heterocycles. The molecule has 2 N–H and O–H groups in total. The number of nitrogens with zero attached hydrogens (tertiary/aromatic N) is 1. The lowest BCUT2D eigenvalue weighted by molar-refractivity contribution is 0.199. The maximum atomic E-state index is 11.6. The second kappa shape index (κ2) is 5.20. The molecule has 0 spiro atoms. The van der Waals surface area contributed by atoms with E-state index in [1.807, 2.05) is 11.4 Å². The van der Waals surface area contributed by atoms with Crippen LogP contribution in [0.4, 0.5) is 0 Å². The minimum Gasteiger partial charge on any atom is -0.383 e. The first-order valence-electron chi connectivity index (χ1n) is 4.97. The molecule has 2 rings (SSSR count). The van der Waals surface area contributed by atoms with E-state index >= 15 is 0 Å². The molecule has 0 atom stereocenters. The first-order chi connectivity index (χ1) is 7.81. The van der Waals surface area contributed by atoms with E-state index in [1.165, 1.54) is 11.3 Å². The minimum atomic E-state index is -0.0662.